The third kappa shape index (κ3) is 0.975. The Morgan fingerprint density at radius 1 is 0.308 bits per heavy atom. The van der Waals surface area contributed by atoms with Gasteiger partial charge in [-0.1, -0.05) is 13.8 Å². The van der Waals surface area contributed by atoms with E-state index in [2.05, 4.69) is 0 Å². The second-order valence-electron chi connectivity index (χ2n) is 7.13. The molecule has 0 atom stereocenters. The van der Waals surface area contributed by atoms with Crippen LogP contribution in [0, 0.1) is 5.41 Å². The first-order chi connectivity index (χ1) is 11.0. The molecule has 0 spiro atoms. The molecule has 4 saturated carbocycles. The predicted molar refractivity (Wildman–Crippen MR) is 53.9 cm³/mol. The summed E-state index contributed by atoms with van der Waals surface area (Å²) in [6, 6.07) is 0. The Labute approximate surface area is 134 Å². The van der Waals surface area contributed by atoms with E-state index in [1.54, 1.807) is 0 Å². The summed E-state index contributed by atoms with van der Waals surface area (Å²) < 4.78 is 199. The Bertz CT molecular complexity index is 508. The minimum absolute atomic E-state index is 0.626. The minimum Gasteiger partial charge on any atom is -0.229 e. The highest BCUT2D eigenvalue weighted by Gasteiger charge is 3.20. The lowest BCUT2D eigenvalue weighted by molar-refractivity contribution is -0.595. The zero-order valence-electron chi connectivity index (χ0n) is 12.3. The molecule has 14 heteroatoms. The van der Waals surface area contributed by atoms with Crippen LogP contribution >= 0.6 is 0 Å². The molecular weight excluding hydrogens is 410 g/mol. The van der Waals surface area contributed by atoms with E-state index in [0.29, 0.717) is 0 Å². The summed E-state index contributed by atoms with van der Waals surface area (Å²) in [6.45, 7) is -1.25. The molecule has 152 valence electrons. The van der Waals surface area contributed by atoms with E-state index < -0.39 is 71.6 Å². The van der Waals surface area contributed by atoms with Gasteiger partial charge in [0.25, 0.3) is 11.3 Å². The fourth-order valence-corrected chi connectivity index (χ4v) is 4.57. The maximum atomic E-state index is 14.8. The van der Waals surface area contributed by atoms with Crippen LogP contribution in [0.1, 0.15) is 13.8 Å². The van der Waals surface area contributed by atoms with Crippen LogP contribution in [-0.4, -0.2) is 52.3 Å². The molecular formula is C12H6F14. The molecule has 0 heterocycles. The summed E-state index contributed by atoms with van der Waals surface area (Å²) in [5, 5.41) is 0. The fourth-order valence-electron chi connectivity index (χ4n) is 4.57. The summed E-state index contributed by atoms with van der Waals surface area (Å²) in [7, 11) is 0. The highest BCUT2D eigenvalue weighted by atomic mass is 19.3. The molecule has 0 aliphatic heterocycles. The lowest BCUT2D eigenvalue weighted by Crippen LogP contribution is -3.07. The molecule has 4 aliphatic rings. The standard InChI is InChI=1S/C12H6F14/c1-3(2)4(13)8(17,18)6(15)10(21,22)5(3,14)11(23,24)7(16,9(4,19)20)12(6,25)26/h1-2H3. The molecule has 0 saturated heterocycles. The minimum atomic E-state index is -7.58. The van der Waals surface area contributed by atoms with Gasteiger partial charge in [0.05, 0.1) is 5.41 Å². The Balaban J connectivity index is 2.71. The van der Waals surface area contributed by atoms with Gasteiger partial charge >= 0.3 is 41.0 Å². The van der Waals surface area contributed by atoms with Crippen LogP contribution in [-0.2, 0) is 0 Å². The monoisotopic (exact) mass is 416 g/mol. The van der Waals surface area contributed by atoms with Crippen molar-refractivity contribution in [3.8, 4) is 0 Å². The zero-order valence-corrected chi connectivity index (χ0v) is 12.3. The lowest BCUT2D eigenvalue weighted by Gasteiger charge is -2.76. The largest absolute Gasteiger partial charge is 0.339 e. The van der Waals surface area contributed by atoms with Gasteiger partial charge in [-0.3, -0.25) is 0 Å². The molecule has 0 aromatic rings. The van der Waals surface area contributed by atoms with Gasteiger partial charge in [0.15, 0.2) is 0 Å². The summed E-state index contributed by atoms with van der Waals surface area (Å²) >= 11 is 0. The second kappa shape index (κ2) is 3.65. The van der Waals surface area contributed by atoms with Gasteiger partial charge in [0.2, 0.25) is 0 Å². The molecule has 0 aromatic heterocycles. The van der Waals surface area contributed by atoms with E-state index in [9.17, 15) is 61.5 Å². The van der Waals surface area contributed by atoms with Crippen LogP contribution in [0.4, 0.5) is 61.5 Å². The van der Waals surface area contributed by atoms with E-state index in [1.807, 2.05) is 0 Å². The maximum absolute atomic E-state index is 14.8. The number of alkyl halides is 14. The SMILES string of the molecule is CC1(C)C2(F)C(F)(F)C3(F)C(F)(F)C1(F)C(F)(F)C(F)(C2(F)F)C3(F)F. The average molecular weight is 416 g/mol. The van der Waals surface area contributed by atoms with Gasteiger partial charge in [-0.2, -0.15) is 43.9 Å². The summed E-state index contributed by atoms with van der Waals surface area (Å²) in [5.74, 6) is -36.2. The third-order valence-corrected chi connectivity index (χ3v) is 6.05. The van der Waals surface area contributed by atoms with Crippen LogP contribution < -0.4 is 0 Å². The van der Waals surface area contributed by atoms with Gasteiger partial charge < -0.3 is 0 Å². The van der Waals surface area contributed by atoms with Crippen LogP contribution in [0.15, 0.2) is 0 Å². The second-order valence-corrected chi connectivity index (χ2v) is 7.13. The smallest absolute Gasteiger partial charge is 0.229 e. The van der Waals surface area contributed by atoms with E-state index >= 15 is 0 Å². The van der Waals surface area contributed by atoms with Crippen LogP contribution in [0.2, 0.25) is 0 Å². The predicted octanol–water partition coefficient (Wildman–Crippen LogP) is 5.06. The van der Waals surface area contributed by atoms with Crippen molar-refractivity contribution in [2.45, 2.75) is 66.1 Å². The molecule has 4 fully saturated rings. The Morgan fingerprint density at radius 2 is 0.462 bits per heavy atom. The van der Waals surface area contributed by atoms with Crippen molar-refractivity contribution < 1.29 is 61.5 Å². The van der Waals surface area contributed by atoms with Crippen molar-refractivity contribution in [2.24, 2.45) is 5.41 Å². The Hall–Kier alpha value is -0.980. The maximum Gasteiger partial charge on any atom is 0.339 e. The average Bonchev–Trinajstić information content (AvgIpc) is 2.46. The van der Waals surface area contributed by atoms with E-state index in [4.69, 9.17) is 0 Å². The van der Waals surface area contributed by atoms with Crippen LogP contribution in [0.3, 0.4) is 0 Å². The first-order valence-electron chi connectivity index (χ1n) is 6.65. The van der Waals surface area contributed by atoms with Gasteiger partial charge in [0.1, 0.15) is 0 Å². The number of hydrogen-bond acceptors (Lipinski definition) is 0. The molecule has 4 rings (SSSR count). The van der Waals surface area contributed by atoms with E-state index in [1.165, 1.54) is 0 Å². The Morgan fingerprint density at radius 3 is 0.654 bits per heavy atom. The molecule has 0 N–H and O–H groups in total. The van der Waals surface area contributed by atoms with Gasteiger partial charge in [-0.15, -0.1) is 0 Å². The summed E-state index contributed by atoms with van der Waals surface area (Å²) in [4.78, 5) is 0. The molecule has 0 amide bonds. The highest BCUT2D eigenvalue weighted by molar-refractivity contribution is 5.53. The van der Waals surface area contributed by atoms with Crippen molar-refractivity contribution in [1.29, 1.82) is 0 Å². The zero-order chi connectivity index (χ0) is 21.0. The van der Waals surface area contributed by atoms with Crippen molar-refractivity contribution >= 4 is 0 Å². The lowest BCUT2D eigenvalue weighted by atomic mass is 9.35. The molecule has 0 unspecified atom stereocenters. The van der Waals surface area contributed by atoms with Crippen molar-refractivity contribution in [2.75, 3.05) is 0 Å². The normalized spacial score (nSPS) is 53.5. The molecule has 0 nitrogen and oxygen atoms in total. The van der Waals surface area contributed by atoms with Crippen LogP contribution in [0.5, 0.6) is 0 Å². The molecule has 4 bridgehead atoms. The Kier molecular flexibility index (Phi) is 2.78. The van der Waals surface area contributed by atoms with Gasteiger partial charge in [-0.25, -0.2) is 17.6 Å². The third-order valence-electron chi connectivity index (χ3n) is 6.05. The number of halogens is 14. The van der Waals surface area contributed by atoms with Crippen LogP contribution in [0.25, 0.3) is 0 Å². The van der Waals surface area contributed by atoms with Crippen molar-refractivity contribution in [3.63, 3.8) is 0 Å². The van der Waals surface area contributed by atoms with E-state index in [0.717, 1.165) is 0 Å². The highest BCUT2D eigenvalue weighted by Crippen LogP contribution is 2.89. The number of hydrogen-bond donors (Lipinski definition) is 0. The molecule has 0 radical (unpaired) electrons. The summed E-state index contributed by atoms with van der Waals surface area (Å²) in [5.41, 5.74) is -32.6. The molecule has 26 heavy (non-hydrogen) atoms. The molecule has 4 aliphatic carbocycles. The topological polar surface area (TPSA) is 0 Å². The quantitative estimate of drug-likeness (QED) is 0.485. The fraction of sp³-hybridized carbons (Fsp3) is 1.00. The van der Waals surface area contributed by atoms with E-state index in [-0.39, 0.29) is 0 Å². The van der Waals surface area contributed by atoms with Gasteiger partial charge in [-0.05, 0) is 0 Å². The van der Waals surface area contributed by atoms with Crippen molar-refractivity contribution in [1.82, 2.24) is 0 Å². The first-order valence-corrected chi connectivity index (χ1v) is 6.65. The first kappa shape index (κ1) is 19.8. The number of rotatable bonds is 0. The summed E-state index contributed by atoms with van der Waals surface area (Å²) in [6.07, 6.45) is 0. The van der Waals surface area contributed by atoms with Gasteiger partial charge in [0, 0.05) is 0 Å². The molecule has 0 aromatic carbocycles. The van der Waals surface area contributed by atoms with Crippen molar-refractivity contribution in [3.05, 3.63) is 0 Å².